The fraction of sp³-hybridized carbons (Fsp3) is 0.417. The molecule has 0 radical (unpaired) electrons. The van der Waals surface area contributed by atoms with Gasteiger partial charge < -0.3 is 9.84 Å². The summed E-state index contributed by atoms with van der Waals surface area (Å²) < 4.78 is 17.9. The summed E-state index contributed by atoms with van der Waals surface area (Å²) in [5.41, 5.74) is 0.328. The van der Waals surface area contributed by atoms with Gasteiger partial charge in [0.2, 0.25) is 0 Å². The van der Waals surface area contributed by atoms with Gasteiger partial charge in [0.05, 0.1) is 24.5 Å². The Balaban J connectivity index is 2.34. The van der Waals surface area contributed by atoms with E-state index in [0.29, 0.717) is 13.2 Å². The fourth-order valence-electron chi connectivity index (χ4n) is 2.01. The average Bonchev–Trinajstić information content (AvgIpc) is 2.19. The second-order valence-electron chi connectivity index (χ2n) is 4.22. The number of carboxylic acids is 1. The Hall–Kier alpha value is -1.42. The molecular weight excluding hydrogens is 211 g/mol. The summed E-state index contributed by atoms with van der Waals surface area (Å²) in [6, 6.07) is 5.97. The lowest BCUT2D eigenvalue weighted by atomic mass is 9.69. The van der Waals surface area contributed by atoms with E-state index in [1.807, 2.05) is 0 Å². The monoisotopic (exact) mass is 224 g/mol. The van der Waals surface area contributed by atoms with Crippen LogP contribution in [0.1, 0.15) is 12.5 Å². The molecule has 1 N–H and O–H groups in total. The van der Waals surface area contributed by atoms with Crippen molar-refractivity contribution >= 4 is 5.97 Å². The van der Waals surface area contributed by atoms with Gasteiger partial charge in [0.25, 0.3) is 0 Å². The van der Waals surface area contributed by atoms with Crippen LogP contribution >= 0.6 is 0 Å². The molecule has 0 aliphatic carbocycles. The van der Waals surface area contributed by atoms with E-state index in [1.54, 1.807) is 19.1 Å². The smallest absolute Gasteiger partial charge is 0.307 e. The van der Waals surface area contributed by atoms with E-state index in [1.165, 1.54) is 12.1 Å². The molecule has 1 unspecified atom stereocenters. The standard InChI is InChI=1S/C12H13FO3/c1-8(11(14)15)12(6-16-7-12)9-2-4-10(13)5-3-9/h2-5,8H,6-7H2,1H3,(H,14,15). The molecule has 1 aromatic rings. The van der Waals surface area contributed by atoms with E-state index in [2.05, 4.69) is 0 Å². The van der Waals surface area contributed by atoms with Crippen LogP contribution in [-0.4, -0.2) is 24.3 Å². The summed E-state index contributed by atoms with van der Waals surface area (Å²) in [5, 5.41) is 9.07. The average molecular weight is 224 g/mol. The second kappa shape index (κ2) is 3.87. The third-order valence-corrected chi connectivity index (χ3v) is 3.34. The minimum atomic E-state index is -0.854. The van der Waals surface area contributed by atoms with Gasteiger partial charge in [0.1, 0.15) is 5.82 Å². The summed E-state index contributed by atoms with van der Waals surface area (Å²) in [4.78, 5) is 11.0. The highest BCUT2D eigenvalue weighted by molar-refractivity contribution is 5.72. The van der Waals surface area contributed by atoms with Crippen molar-refractivity contribution in [3.05, 3.63) is 35.6 Å². The first-order chi connectivity index (χ1) is 7.56. The van der Waals surface area contributed by atoms with Gasteiger partial charge in [0, 0.05) is 0 Å². The van der Waals surface area contributed by atoms with Crippen molar-refractivity contribution in [3.63, 3.8) is 0 Å². The van der Waals surface area contributed by atoms with Crippen LogP contribution in [-0.2, 0) is 14.9 Å². The Morgan fingerprint density at radius 3 is 2.38 bits per heavy atom. The first-order valence-electron chi connectivity index (χ1n) is 5.13. The molecule has 1 aromatic carbocycles. The summed E-state index contributed by atoms with van der Waals surface area (Å²) in [7, 11) is 0. The van der Waals surface area contributed by atoms with Crippen molar-refractivity contribution in [2.24, 2.45) is 5.92 Å². The van der Waals surface area contributed by atoms with E-state index in [0.717, 1.165) is 5.56 Å². The largest absolute Gasteiger partial charge is 0.481 e. The fourth-order valence-corrected chi connectivity index (χ4v) is 2.01. The van der Waals surface area contributed by atoms with E-state index in [-0.39, 0.29) is 5.82 Å². The Labute approximate surface area is 92.9 Å². The number of halogens is 1. The van der Waals surface area contributed by atoms with Crippen LogP contribution < -0.4 is 0 Å². The van der Waals surface area contributed by atoms with Gasteiger partial charge in [-0.3, -0.25) is 4.79 Å². The van der Waals surface area contributed by atoms with E-state index >= 15 is 0 Å². The minimum absolute atomic E-state index is 0.317. The van der Waals surface area contributed by atoms with Crippen LogP contribution in [0.5, 0.6) is 0 Å². The lowest BCUT2D eigenvalue weighted by molar-refractivity contribution is -0.155. The van der Waals surface area contributed by atoms with Gasteiger partial charge in [-0.05, 0) is 17.7 Å². The molecule has 0 aromatic heterocycles. The van der Waals surface area contributed by atoms with Crippen LogP contribution in [0.25, 0.3) is 0 Å². The molecule has 0 bridgehead atoms. The summed E-state index contributed by atoms with van der Waals surface area (Å²) >= 11 is 0. The SMILES string of the molecule is CC(C(=O)O)C1(c2ccc(F)cc2)COC1. The number of ether oxygens (including phenoxy) is 1. The lowest BCUT2D eigenvalue weighted by Gasteiger charge is -2.44. The predicted octanol–water partition coefficient (Wildman–Crippen LogP) is 1.81. The number of hydrogen-bond acceptors (Lipinski definition) is 2. The van der Waals surface area contributed by atoms with E-state index < -0.39 is 17.3 Å². The zero-order valence-electron chi connectivity index (χ0n) is 8.94. The van der Waals surface area contributed by atoms with Crippen molar-refractivity contribution < 1.29 is 19.0 Å². The summed E-state index contributed by atoms with van der Waals surface area (Å²) in [5.74, 6) is -1.71. The van der Waals surface area contributed by atoms with Crippen LogP contribution in [0.4, 0.5) is 4.39 Å². The number of benzene rings is 1. The van der Waals surface area contributed by atoms with Gasteiger partial charge in [-0.15, -0.1) is 0 Å². The summed E-state index contributed by atoms with van der Waals surface area (Å²) in [6.07, 6.45) is 0. The molecule has 3 nitrogen and oxygen atoms in total. The van der Waals surface area contributed by atoms with E-state index in [9.17, 15) is 9.18 Å². The van der Waals surface area contributed by atoms with Crippen LogP contribution in [0.2, 0.25) is 0 Å². The van der Waals surface area contributed by atoms with Gasteiger partial charge in [0.15, 0.2) is 0 Å². The molecule has 1 saturated heterocycles. The quantitative estimate of drug-likeness (QED) is 0.851. The zero-order chi connectivity index (χ0) is 11.8. The van der Waals surface area contributed by atoms with Gasteiger partial charge in [-0.2, -0.15) is 0 Å². The molecule has 1 fully saturated rings. The van der Waals surface area contributed by atoms with Crippen LogP contribution in [0, 0.1) is 11.7 Å². The van der Waals surface area contributed by atoms with Crippen molar-refractivity contribution in [2.45, 2.75) is 12.3 Å². The third kappa shape index (κ3) is 1.59. The van der Waals surface area contributed by atoms with Gasteiger partial charge in [-0.25, -0.2) is 4.39 Å². The van der Waals surface area contributed by atoms with Crippen molar-refractivity contribution in [3.8, 4) is 0 Å². The van der Waals surface area contributed by atoms with E-state index in [4.69, 9.17) is 9.84 Å². The highest BCUT2D eigenvalue weighted by atomic mass is 19.1. The lowest BCUT2D eigenvalue weighted by Crippen LogP contribution is -2.53. The highest BCUT2D eigenvalue weighted by Gasteiger charge is 2.48. The molecule has 0 saturated carbocycles. The van der Waals surface area contributed by atoms with Crippen LogP contribution in [0.15, 0.2) is 24.3 Å². The Bertz CT molecular complexity index is 395. The molecular formula is C12H13FO3. The summed E-state index contributed by atoms with van der Waals surface area (Å²) in [6.45, 7) is 2.42. The maximum Gasteiger partial charge on any atom is 0.307 e. The van der Waals surface area contributed by atoms with Crippen molar-refractivity contribution in [1.82, 2.24) is 0 Å². The highest BCUT2D eigenvalue weighted by Crippen LogP contribution is 2.39. The number of carbonyl (C=O) groups is 1. The second-order valence-corrected chi connectivity index (χ2v) is 4.22. The maximum atomic E-state index is 12.8. The number of aliphatic carboxylic acids is 1. The molecule has 2 rings (SSSR count). The molecule has 1 heterocycles. The molecule has 1 atom stereocenters. The molecule has 4 heteroatoms. The van der Waals surface area contributed by atoms with Crippen molar-refractivity contribution in [2.75, 3.05) is 13.2 Å². The number of carboxylic acid groups (broad SMARTS) is 1. The number of hydrogen-bond donors (Lipinski definition) is 1. The molecule has 0 amide bonds. The van der Waals surface area contributed by atoms with Crippen LogP contribution in [0.3, 0.4) is 0 Å². The van der Waals surface area contributed by atoms with Gasteiger partial charge >= 0.3 is 5.97 Å². The Morgan fingerprint density at radius 1 is 1.44 bits per heavy atom. The zero-order valence-corrected chi connectivity index (χ0v) is 8.94. The normalized spacial score (nSPS) is 19.9. The first-order valence-corrected chi connectivity index (χ1v) is 5.13. The minimum Gasteiger partial charge on any atom is -0.481 e. The topological polar surface area (TPSA) is 46.5 Å². The molecule has 86 valence electrons. The third-order valence-electron chi connectivity index (χ3n) is 3.34. The number of rotatable bonds is 3. The first kappa shape index (κ1) is 11.1. The molecule has 1 aliphatic heterocycles. The predicted molar refractivity (Wildman–Crippen MR) is 55.7 cm³/mol. The Kier molecular flexibility index (Phi) is 2.68. The molecule has 16 heavy (non-hydrogen) atoms. The maximum absolute atomic E-state index is 12.8. The molecule has 0 spiro atoms. The molecule has 1 aliphatic rings. The Morgan fingerprint density at radius 2 is 2.00 bits per heavy atom. The van der Waals surface area contributed by atoms with Gasteiger partial charge in [-0.1, -0.05) is 19.1 Å². The van der Waals surface area contributed by atoms with Crippen molar-refractivity contribution in [1.29, 1.82) is 0 Å².